The summed E-state index contributed by atoms with van der Waals surface area (Å²) in [5.74, 6) is 0.0225. The number of rotatable bonds is 4. The summed E-state index contributed by atoms with van der Waals surface area (Å²) in [7, 11) is 1.93. The zero-order valence-corrected chi connectivity index (χ0v) is 14.9. The first-order chi connectivity index (χ1) is 12.0. The van der Waals surface area contributed by atoms with Crippen LogP contribution >= 0.6 is 0 Å². The Hall–Kier alpha value is -2.21. The number of fused-ring (bicyclic) bond motifs is 1. The number of benzene rings is 2. The highest BCUT2D eigenvalue weighted by atomic mass is 16.5. The van der Waals surface area contributed by atoms with Crippen molar-refractivity contribution in [3.63, 3.8) is 0 Å². The second kappa shape index (κ2) is 7.35. The molecular weight excluding hydrogens is 314 g/mol. The Labute approximate surface area is 148 Å². The molecule has 3 rings (SSSR count). The average molecular weight is 339 g/mol. The van der Waals surface area contributed by atoms with E-state index in [0.29, 0.717) is 6.42 Å². The second-order valence-electron chi connectivity index (χ2n) is 6.66. The van der Waals surface area contributed by atoms with Crippen molar-refractivity contribution in [3.05, 3.63) is 53.6 Å². The lowest BCUT2D eigenvalue weighted by Crippen LogP contribution is -2.44. The summed E-state index contributed by atoms with van der Waals surface area (Å²) in [5, 5.41) is 12.7. The van der Waals surface area contributed by atoms with Crippen molar-refractivity contribution in [3.8, 4) is 11.1 Å². The molecule has 2 aromatic carbocycles. The van der Waals surface area contributed by atoms with Gasteiger partial charge in [-0.1, -0.05) is 30.3 Å². The van der Waals surface area contributed by atoms with Crippen molar-refractivity contribution >= 4 is 11.6 Å². The Bertz CT molecular complexity index is 758. The number of carbonyl (C=O) groups is 1. The van der Waals surface area contributed by atoms with E-state index in [9.17, 15) is 10.0 Å². The fourth-order valence-corrected chi connectivity index (χ4v) is 3.66. The Morgan fingerprint density at radius 1 is 1.20 bits per heavy atom. The Kier molecular flexibility index (Phi) is 5.18. The molecule has 3 N–H and O–H groups in total. The first-order valence-corrected chi connectivity index (χ1v) is 8.62. The summed E-state index contributed by atoms with van der Waals surface area (Å²) < 4.78 is 0. The van der Waals surface area contributed by atoms with E-state index >= 15 is 0 Å². The Morgan fingerprint density at radius 3 is 2.48 bits per heavy atom. The SMILES string of the molecule is CNCc1ccc(-c2ccc3c(c2)[C@H](NO)C[C@H](C)N3C(C)=O)cc1. The minimum Gasteiger partial charge on any atom is -0.316 e. The molecule has 0 bridgehead atoms. The van der Waals surface area contributed by atoms with Gasteiger partial charge in [-0.25, -0.2) is 0 Å². The summed E-state index contributed by atoms with van der Waals surface area (Å²) in [6, 6.07) is 14.4. The monoisotopic (exact) mass is 339 g/mol. The molecule has 0 saturated heterocycles. The Morgan fingerprint density at radius 2 is 1.88 bits per heavy atom. The molecule has 1 aliphatic heterocycles. The highest BCUT2D eigenvalue weighted by molar-refractivity contribution is 5.94. The van der Waals surface area contributed by atoms with E-state index in [1.165, 1.54) is 5.56 Å². The fraction of sp³-hybridized carbons (Fsp3) is 0.350. The second-order valence-corrected chi connectivity index (χ2v) is 6.66. The van der Waals surface area contributed by atoms with E-state index < -0.39 is 0 Å². The van der Waals surface area contributed by atoms with Crippen LogP contribution in [0, 0.1) is 0 Å². The van der Waals surface area contributed by atoms with Crippen LogP contribution in [0.15, 0.2) is 42.5 Å². The van der Waals surface area contributed by atoms with Gasteiger partial charge in [0.1, 0.15) is 0 Å². The maximum absolute atomic E-state index is 12.1. The number of hydrogen-bond acceptors (Lipinski definition) is 4. The minimum atomic E-state index is -0.177. The third-order valence-electron chi connectivity index (χ3n) is 4.84. The van der Waals surface area contributed by atoms with E-state index in [4.69, 9.17) is 0 Å². The minimum absolute atomic E-state index is 0.0225. The average Bonchev–Trinajstić information content (AvgIpc) is 2.61. The third-order valence-corrected chi connectivity index (χ3v) is 4.84. The van der Waals surface area contributed by atoms with Crippen LogP contribution in [0.25, 0.3) is 11.1 Å². The van der Waals surface area contributed by atoms with Crippen molar-refractivity contribution in [2.75, 3.05) is 11.9 Å². The van der Waals surface area contributed by atoms with Crippen LogP contribution in [0.1, 0.15) is 37.4 Å². The molecule has 132 valence electrons. The normalized spacial score (nSPS) is 19.6. The number of hydrogen-bond donors (Lipinski definition) is 3. The quantitative estimate of drug-likeness (QED) is 0.748. The molecule has 1 heterocycles. The van der Waals surface area contributed by atoms with Gasteiger partial charge in [-0.05, 0) is 54.8 Å². The third kappa shape index (κ3) is 3.44. The van der Waals surface area contributed by atoms with E-state index in [1.807, 2.05) is 31.0 Å². The molecule has 0 radical (unpaired) electrons. The number of anilines is 1. The van der Waals surface area contributed by atoms with Crippen LogP contribution < -0.4 is 15.7 Å². The van der Waals surface area contributed by atoms with Gasteiger partial charge in [0.2, 0.25) is 5.91 Å². The Balaban J connectivity index is 2.01. The predicted octanol–water partition coefficient (Wildman–Crippen LogP) is 3.24. The van der Waals surface area contributed by atoms with E-state index in [0.717, 1.165) is 28.9 Å². The summed E-state index contributed by atoms with van der Waals surface area (Å²) in [5.41, 5.74) is 7.66. The summed E-state index contributed by atoms with van der Waals surface area (Å²) in [6.45, 7) is 4.43. The van der Waals surface area contributed by atoms with Crippen LogP contribution in [-0.4, -0.2) is 24.2 Å². The van der Waals surface area contributed by atoms with Gasteiger partial charge in [0.15, 0.2) is 0 Å². The van der Waals surface area contributed by atoms with Crippen LogP contribution in [0.2, 0.25) is 0 Å². The van der Waals surface area contributed by atoms with E-state index in [2.05, 4.69) is 41.1 Å². The molecule has 0 aromatic heterocycles. The van der Waals surface area contributed by atoms with Gasteiger partial charge in [0.25, 0.3) is 0 Å². The first-order valence-electron chi connectivity index (χ1n) is 8.62. The molecule has 1 aliphatic rings. The summed E-state index contributed by atoms with van der Waals surface area (Å²) in [4.78, 5) is 13.9. The molecule has 1 amide bonds. The van der Waals surface area contributed by atoms with E-state index in [1.54, 1.807) is 6.92 Å². The summed E-state index contributed by atoms with van der Waals surface area (Å²) in [6.07, 6.45) is 0.674. The molecular formula is C20H25N3O2. The number of nitrogens with zero attached hydrogens (tertiary/aromatic N) is 1. The van der Waals surface area contributed by atoms with Gasteiger partial charge < -0.3 is 15.4 Å². The zero-order valence-electron chi connectivity index (χ0n) is 14.9. The molecule has 0 aliphatic carbocycles. The van der Waals surface area contributed by atoms with Gasteiger partial charge in [0.05, 0.1) is 6.04 Å². The summed E-state index contributed by atoms with van der Waals surface area (Å²) >= 11 is 0. The first kappa shape index (κ1) is 17.6. The number of amides is 1. The molecule has 0 saturated carbocycles. The number of carbonyl (C=O) groups excluding carboxylic acids is 1. The van der Waals surface area contributed by atoms with Gasteiger partial charge in [0, 0.05) is 25.2 Å². The van der Waals surface area contributed by atoms with Crippen molar-refractivity contribution in [1.82, 2.24) is 10.8 Å². The smallest absolute Gasteiger partial charge is 0.224 e. The standard InChI is InChI=1S/C20H25N3O2/c1-13-10-19(22-25)18-11-17(8-9-20(18)23(13)14(2)24)16-6-4-15(5-7-16)12-21-3/h4-9,11,13,19,21-22,25H,10,12H2,1-3H3/t13-,19+/m0/s1. The molecule has 0 fully saturated rings. The van der Waals surface area contributed by atoms with Crippen molar-refractivity contribution < 1.29 is 10.0 Å². The van der Waals surface area contributed by atoms with Gasteiger partial charge >= 0.3 is 0 Å². The maximum Gasteiger partial charge on any atom is 0.224 e. The molecule has 5 nitrogen and oxygen atoms in total. The van der Waals surface area contributed by atoms with E-state index in [-0.39, 0.29) is 18.0 Å². The van der Waals surface area contributed by atoms with Gasteiger partial charge in [-0.15, -0.1) is 0 Å². The highest BCUT2D eigenvalue weighted by Gasteiger charge is 2.32. The molecule has 25 heavy (non-hydrogen) atoms. The van der Waals surface area contributed by atoms with Crippen LogP contribution in [0.3, 0.4) is 0 Å². The van der Waals surface area contributed by atoms with Gasteiger partial charge in [-0.2, -0.15) is 5.48 Å². The van der Waals surface area contributed by atoms with Crippen molar-refractivity contribution in [2.45, 2.75) is 38.9 Å². The highest BCUT2D eigenvalue weighted by Crippen LogP contribution is 2.39. The molecule has 2 atom stereocenters. The topological polar surface area (TPSA) is 64.6 Å². The number of nitrogens with one attached hydrogen (secondary N) is 2. The van der Waals surface area contributed by atoms with Crippen LogP contribution in [-0.2, 0) is 11.3 Å². The zero-order chi connectivity index (χ0) is 18.0. The van der Waals surface area contributed by atoms with Crippen LogP contribution in [0.5, 0.6) is 0 Å². The lowest BCUT2D eigenvalue weighted by molar-refractivity contribution is -0.117. The molecule has 5 heteroatoms. The van der Waals surface area contributed by atoms with Crippen molar-refractivity contribution in [2.24, 2.45) is 0 Å². The predicted molar refractivity (Wildman–Crippen MR) is 99.5 cm³/mol. The molecule has 0 spiro atoms. The van der Waals surface area contributed by atoms with Gasteiger partial charge in [-0.3, -0.25) is 4.79 Å². The maximum atomic E-state index is 12.1. The number of hydroxylamine groups is 1. The largest absolute Gasteiger partial charge is 0.316 e. The lowest BCUT2D eigenvalue weighted by atomic mass is 9.89. The van der Waals surface area contributed by atoms with Crippen molar-refractivity contribution in [1.29, 1.82) is 0 Å². The fourth-order valence-electron chi connectivity index (χ4n) is 3.66. The lowest BCUT2D eigenvalue weighted by Gasteiger charge is -2.38. The molecule has 2 aromatic rings. The van der Waals surface area contributed by atoms with Crippen LogP contribution in [0.4, 0.5) is 5.69 Å². The molecule has 0 unspecified atom stereocenters.